The van der Waals surface area contributed by atoms with Crippen LogP contribution in [0, 0.1) is 20.8 Å². The predicted octanol–water partition coefficient (Wildman–Crippen LogP) is 4.01. The maximum absolute atomic E-state index is 9.48. The average molecular weight is 351 g/mol. The third-order valence-electron chi connectivity index (χ3n) is 3.58. The molecule has 0 aliphatic heterocycles. The second kappa shape index (κ2) is 6.45. The van der Waals surface area contributed by atoms with E-state index in [4.69, 9.17) is 4.74 Å². The summed E-state index contributed by atoms with van der Waals surface area (Å²) in [4.78, 5) is 4.41. The molecule has 0 atom stereocenters. The van der Waals surface area contributed by atoms with E-state index in [1.54, 1.807) is 13.3 Å². The fourth-order valence-electron chi connectivity index (χ4n) is 2.25. The summed E-state index contributed by atoms with van der Waals surface area (Å²) < 4.78 is 6.14. The number of nitrogens with one attached hydrogen (secondary N) is 1. The standard InChI is InChI=1S/C16H19BrN2O2/c1-9-5-6-13(21-4)11(3)15(9)19-16-14(17)12(8-20)10(2)7-18-16/h5-7,20H,8H2,1-4H3,(H,18,19). The third-order valence-corrected chi connectivity index (χ3v) is 4.44. The molecule has 2 N–H and O–H groups in total. The average Bonchev–Trinajstić information content (AvgIpc) is 2.46. The van der Waals surface area contributed by atoms with Crippen LogP contribution in [0.2, 0.25) is 0 Å². The van der Waals surface area contributed by atoms with E-state index < -0.39 is 0 Å². The Morgan fingerprint density at radius 2 is 1.95 bits per heavy atom. The van der Waals surface area contributed by atoms with Gasteiger partial charge in [-0.25, -0.2) is 4.98 Å². The highest BCUT2D eigenvalue weighted by Crippen LogP contribution is 2.34. The molecule has 2 aromatic rings. The topological polar surface area (TPSA) is 54.4 Å². The van der Waals surface area contributed by atoms with E-state index in [9.17, 15) is 5.11 Å². The van der Waals surface area contributed by atoms with Crippen LogP contribution in [-0.4, -0.2) is 17.2 Å². The van der Waals surface area contributed by atoms with E-state index >= 15 is 0 Å². The van der Waals surface area contributed by atoms with Gasteiger partial charge in [0.05, 0.1) is 18.2 Å². The summed E-state index contributed by atoms with van der Waals surface area (Å²) in [5.74, 6) is 1.51. The van der Waals surface area contributed by atoms with Crippen LogP contribution in [0.1, 0.15) is 22.3 Å². The lowest BCUT2D eigenvalue weighted by Gasteiger charge is -2.17. The quantitative estimate of drug-likeness (QED) is 0.874. The number of aliphatic hydroxyl groups excluding tert-OH is 1. The number of hydrogen-bond acceptors (Lipinski definition) is 4. The van der Waals surface area contributed by atoms with Crippen molar-refractivity contribution in [2.75, 3.05) is 12.4 Å². The normalized spacial score (nSPS) is 10.6. The zero-order chi connectivity index (χ0) is 15.6. The molecule has 112 valence electrons. The summed E-state index contributed by atoms with van der Waals surface area (Å²) in [7, 11) is 1.66. The van der Waals surface area contributed by atoms with E-state index in [2.05, 4.69) is 26.2 Å². The maximum atomic E-state index is 9.48. The first-order valence-corrected chi connectivity index (χ1v) is 7.45. The Morgan fingerprint density at radius 3 is 2.57 bits per heavy atom. The monoisotopic (exact) mass is 350 g/mol. The summed E-state index contributed by atoms with van der Waals surface area (Å²) >= 11 is 3.52. The minimum atomic E-state index is -0.0281. The Morgan fingerprint density at radius 1 is 1.24 bits per heavy atom. The lowest BCUT2D eigenvalue weighted by Crippen LogP contribution is -2.03. The molecular formula is C16H19BrN2O2. The van der Waals surface area contributed by atoms with Gasteiger partial charge in [-0.15, -0.1) is 0 Å². The highest BCUT2D eigenvalue weighted by molar-refractivity contribution is 9.10. The molecule has 5 heteroatoms. The van der Waals surface area contributed by atoms with Gasteiger partial charge in [0.15, 0.2) is 0 Å². The molecule has 1 aromatic carbocycles. The summed E-state index contributed by atoms with van der Waals surface area (Å²) in [5, 5.41) is 12.8. The van der Waals surface area contributed by atoms with Crippen molar-refractivity contribution in [2.24, 2.45) is 0 Å². The highest BCUT2D eigenvalue weighted by atomic mass is 79.9. The van der Waals surface area contributed by atoms with E-state index in [1.165, 1.54) is 0 Å². The van der Waals surface area contributed by atoms with E-state index in [0.29, 0.717) is 5.82 Å². The van der Waals surface area contributed by atoms with Crippen LogP contribution in [0.4, 0.5) is 11.5 Å². The smallest absolute Gasteiger partial charge is 0.145 e. The molecule has 0 aliphatic carbocycles. The Balaban J connectivity index is 2.48. The number of rotatable bonds is 4. The fourth-order valence-corrected chi connectivity index (χ4v) is 2.89. The molecule has 0 unspecified atom stereocenters. The van der Waals surface area contributed by atoms with Gasteiger partial charge in [-0.1, -0.05) is 6.07 Å². The van der Waals surface area contributed by atoms with Gasteiger partial charge >= 0.3 is 0 Å². The van der Waals surface area contributed by atoms with Gasteiger partial charge in [-0.2, -0.15) is 0 Å². The highest BCUT2D eigenvalue weighted by Gasteiger charge is 2.13. The number of aryl methyl sites for hydroxylation is 2. The molecule has 21 heavy (non-hydrogen) atoms. The molecule has 1 heterocycles. The molecular weight excluding hydrogens is 332 g/mol. The number of halogens is 1. The van der Waals surface area contributed by atoms with Crippen molar-refractivity contribution in [1.29, 1.82) is 0 Å². The summed E-state index contributed by atoms with van der Waals surface area (Å²) in [5.41, 5.74) is 4.89. The van der Waals surface area contributed by atoms with Crippen LogP contribution in [-0.2, 0) is 6.61 Å². The minimum absolute atomic E-state index is 0.0281. The maximum Gasteiger partial charge on any atom is 0.145 e. The molecule has 0 saturated heterocycles. The number of anilines is 2. The van der Waals surface area contributed by atoms with Gasteiger partial charge in [-0.05, 0) is 59.5 Å². The largest absolute Gasteiger partial charge is 0.496 e. The predicted molar refractivity (Wildman–Crippen MR) is 88.3 cm³/mol. The van der Waals surface area contributed by atoms with Crippen LogP contribution in [0.3, 0.4) is 0 Å². The lowest BCUT2D eigenvalue weighted by molar-refractivity contribution is 0.280. The lowest BCUT2D eigenvalue weighted by atomic mass is 10.1. The van der Waals surface area contributed by atoms with Crippen LogP contribution in [0.25, 0.3) is 0 Å². The molecule has 0 bridgehead atoms. The van der Waals surface area contributed by atoms with Crippen molar-refractivity contribution in [3.8, 4) is 5.75 Å². The van der Waals surface area contributed by atoms with Crippen molar-refractivity contribution < 1.29 is 9.84 Å². The molecule has 0 amide bonds. The Bertz CT molecular complexity index is 672. The van der Waals surface area contributed by atoms with Crippen molar-refractivity contribution >= 4 is 27.4 Å². The van der Waals surface area contributed by atoms with Crippen molar-refractivity contribution in [3.63, 3.8) is 0 Å². The number of hydrogen-bond donors (Lipinski definition) is 2. The molecule has 2 rings (SSSR count). The molecule has 0 fully saturated rings. The van der Waals surface area contributed by atoms with Crippen LogP contribution in [0.15, 0.2) is 22.8 Å². The number of nitrogens with zero attached hydrogens (tertiary/aromatic N) is 1. The van der Waals surface area contributed by atoms with Crippen molar-refractivity contribution in [3.05, 3.63) is 45.1 Å². The van der Waals surface area contributed by atoms with E-state index in [1.807, 2.05) is 32.9 Å². The van der Waals surface area contributed by atoms with Gasteiger partial charge < -0.3 is 15.2 Å². The number of benzene rings is 1. The number of ether oxygens (including phenoxy) is 1. The van der Waals surface area contributed by atoms with E-state index in [-0.39, 0.29) is 6.61 Å². The first-order chi connectivity index (χ1) is 9.99. The molecule has 1 aromatic heterocycles. The van der Waals surface area contributed by atoms with Gasteiger partial charge in [0.1, 0.15) is 11.6 Å². The summed E-state index contributed by atoms with van der Waals surface area (Å²) in [6, 6.07) is 3.95. The van der Waals surface area contributed by atoms with Crippen molar-refractivity contribution in [1.82, 2.24) is 4.98 Å². The molecule has 4 nitrogen and oxygen atoms in total. The number of pyridine rings is 1. The Labute approximate surface area is 133 Å². The van der Waals surface area contributed by atoms with Gasteiger partial charge in [0, 0.05) is 17.4 Å². The molecule has 0 spiro atoms. The van der Waals surface area contributed by atoms with Gasteiger partial charge in [0.25, 0.3) is 0 Å². The SMILES string of the molecule is COc1ccc(C)c(Nc2ncc(C)c(CO)c2Br)c1C. The van der Waals surface area contributed by atoms with Crippen LogP contribution in [0.5, 0.6) is 5.75 Å². The molecule has 0 aliphatic rings. The van der Waals surface area contributed by atoms with Gasteiger partial charge in [0.2, 0.25) is 0 Å². The fraction of sp³-hybridized carbons (Fsp3) is 0.312. The third kappa shape index (κ3) is 3.04. The first kappa shape index (κ1) is 15.8. The second-order valence-electron chi connectivity index (χ2n) is 4.95. The molecule has 0 radical (unpaired) electrons. The van der Waals surface area contributed by atoms with Gasteiger partial charge in [-0.3, -0.25) is 0 Å². The zero-order valence-electron chi connectivity index (χ0n) is 12.6. The zero-order valence-corrected chi connectivity index (χ0v) is 14.2. The minimum Gasteiger partial charge on any atom is -0.496 e. The first-order valence-electron chi connectivity index (χ1n) is 6.65. The number of aromatic nitrogens is 1. The van der Waals surface area contributed by atoms with E-state index in [0.717, 1.165) is 38.2 Å². The van der Waals surface area contributed by atoms with Crippen LogP contribution >= 0.6 is 15.9 Å². The van der Waals surface area contributed by atoms with Crippen LogP contribution < -0.4 is 10.1 Å². The number of aliphatic hydroxyl groups is 1. The summed E-state index contributed by atoms with van der Waals surface area (Å²) in [6.07, 6.45) is 1.75. The molecule has 0 saturated carbocycles. The Kier molecular flexibility index (Phi) is 4.85. The number of methoxy groups -OCH3 is 1. The Hall–Kier alpha value is -1.59. The second-order valence-corrected chi connectivity index (χ2v) is 5.74. The summed E-state index contributed by atoms with van der Waals surface area (Å²) in [6.45, 7) is 5.93. The van der Waals surface area contributed by atoms with Crippen molar-refractivity contribution in [2.45, 2.75) is 27.4 Å².